The van der Waals surface area contributed by atoms with Crippen molar-refractivity contribution in [3.05, 3.63) is 200 Å². The molecule has 236 valence electrons. The number of fused-ring (bicyclic) bond motifs is 3. The first-order valence-electron chi connectivity index (χ1n) is 17.0. The van der Waals surface area contributed by atoms with Crippen LogP contribution in [0.4, 0.5) is 17.1 Å². The molecule has 1 nitrogen and oxygen atoms in total. The van der Waals surface area contributed by atoms with Crippen LogP contribution in [0, 0.1) is 0 Å². The lowest BCUT2D eigenvalue weighted by Gasteiger charge is -2.30. The van der Waals surface area contributed by atoms with Crippen LogP contribution >= 0.6 is 11.3 Å². The maximum Gasteiger partial charge on any atom is 0.0546 e. The van der Waals surface area contributed by atoms with Crippen molar-refractivity contribution in [1.29, 1.82) is 0 Å². The summed E-state index contributed by atoms with van der Waals surface area (Å²) < 4.78 is 2.65. The standard InChI is InChI=1S/C48H33NS/c1-4-15-35(16-5-1)40-21-10-11-23-44(40)48-41(36-17-6-2-7-18-36)24-14-25-45(48)49(38-19-8-3-9-20-38)39-30-27-34(28-31-39)37-29-32-43-42-22-12-13-26-46(42)50-47(43)33-37/h1-33H. The number of anilines is 3. The van der Waals surface area contributed by atoms with Gasteiger partial charge >= 0.3 is 0 Å². The number of rotatable bonds is 7. The summed E-state index contributed by atoms with van der Waals surface area (Å²) in [5.41, 5.74) is 12.9. The summed E-state index contributed by atoms with van der Waals surface area (Å²) in [5, 5.41) is 2.65. The Morgan fingerprint density at radius 3 is 1.60 bits per heavy atom. The zero-order chi connectivity index (χ0) is 33.3. The van der Waals surface area contributed by atoms with E-state index in [0.29, 0.717) is 0 Å². The van der Waals surface area contributed by atoms with Gasteiger partial charge in [0.1, 0.15) is 0 Å². The summed E-state index contributed by atoms with van der Waals surface area (Å²) in [6.45, 7) is 0. The van der Waals surface area contributed by atoms with Crippen molar-refractivity contribution in [2.24, 2.45) is 0 Å². The van der Waals surface area contributed by atoms with Gasteiger partial charge in [-0.25, -0.2) is 0 Å². The molecule has 1 aromatic heterocycles. The monoisotopic (exact) mass is 655 g/mol. The van der Waals surface area contributed by atoms with E-state index in [-0.39, 0.29) is 0 Å². The zero-order valence-corrected chi connectivity index (χ0v) is 28.2. The molecule has 8 aromatic carbocycles. The molecule has 0 radical (unpaired) electrons. The minimum absolute atomic E-state index is 1.10. The van der Waals surface area contributed by atoms with Gasteiger partial charge < -0.3 is 4.90 Å². The third kappa shape index (κ3) is 5.46. The topological polar surface area (TPSA) is 3.24 Å². The van der Waals surface area contributed by atoms with Crippen LogP contribution in [0.15, 0.2) is 200 Å². The molecule has 0 saturated carbocycles. The predicted octanol–water partition coefficient (Wildman–Crippen LogP) is 14.2. The molecule has 0 unspecified atom stereocenters. The highest BCUT2D eigenvalue weighted by atomic mass is 32.1. The second-order valence-corrected chi connectivity index (χ2v) is 13.6. The third-order valence-electron chi connectivity index (χ3n) is 9.50. The van der Waals surface area contributed by atoms with Crippen LogP contribution in [0.3, 0.4) is 0 Å². The summed E-state index contributed by atoms with van der Waals surface area (Å²) in [4.78, 5) is 2.41. The number of thiophene rings is 1. The second kappa shape index (κ2) is 13.0. The van der Waals surface area contributed by atoms with Crippen molar-refractivity contribution < 1.29 is 0 Å². The predicted molar refractivity (Wildman–Crippen MR) is 216 cm³/mol. The third-order valence-corrected chi connectivity index (χ3v) is 10.6. The summed E-state index contributed by atoms with van der Waals surface area (Å²) in [7, 11) is 0. The Morgan fingerprint density at radius 2 is 0.860 bits per heavy atom. The lowest BCUT2D eigenvalue weighted by Crippen LogP contribution is -2.12. The smallest absolute Gasteiger partial charge is 0.0546 e. The fraction of sp³-hybridized carbons (Fsp3) is 0. The van der Waals surface area contributed by atoms with Crippen LogP contribution < -0.4 is 4.90 Å². The average Bonchev–Trinajstić information content (AvgIpc) is 3.57. The fourth-order valence-corrected chi connectivity index (χ4v) is 8.30. The number of para-hydroxylation sites is 1. The molecule has 0 bridgehead atoms. The van der Waals surface area contributed by atoms with Crippen molar-refractivity contribution >= 4 is 48.6 Å². The SMILES string of the molecule is c1ccc(-c2ccccc2-c2c(-c3ccccc3)cccc2N(c2ccccc2)c2ccc(-c3ccc4c(c3)sc3ccccc34)cc2)cc1. The lowest BCUT2D eigenvalue weighted by molar-refractivity contribution is 1.28. The fourth-order valence-electron chi connectivity index (χ4n) is 7.15. The Balaban J connectivity index is 1.22. The molecule has 2 heteroatoms. The first-order chi connectivity index (χ1) is 24.8. The molecule has 0 saturated heterocycles. The number of benzene rings is 8. The van der Waals surface area contributed by atoms with Crippen molar-refractivity contribution in [3.8, 4) is 44.5 Å². The highest BCUT2D eigenvalue weighted by molar-refractivity contribution is 7.25. The molecular formula is C48H33NS. The molecule has 0 spiro atoms. The highest BCUT2D eigenvalue weighted by Gasteiger charge is 2.22. The number of hydrogen-bond donors (Lipinski definition) is 0. The molecule has 0 N–H and O–H groups in total. The van der Waals surface area contributed by atoms with Crippen LogP contribution in [-0.2, 0) is 0 Å². The van der Waals surface area contributed by atoms with Crippen LogP contribution in [0.1, 0.15) is 0 Å². The largest absolute Gasteiger partial charge is 0.310 e. The van der Waals surface area contributed by atoms with Crippen LogP contribution in [0.5, 0.6) is 0 Å². The average molecular weight is 656 g/mol. The van der Waals surface area contributed by atoms with Gasteiger partial charge in [-0.1, -0.05) is 158 Å². The molecule has 0 atom stereocenters. The molecule has 0 amide bonds. The Morgan fingerprint density at radius 1 is 0.320 bits per heavy atom. The second-order valence-electron chi connectivity index (χ2n) is 12.5. The minimum atomic E-state index is 1.10. The minimum Gasteiger partial charge on any atom is -0.310 e. The van der Waals surface area contributed by atoms with E-state index in [4.69, 9.17) is 0 Å². The molecule has 0 fully saturated rings. The van der Waals surface area contributed by atoms with Gasteiger partial charge in [0.05, 0.1) is 5.69 Å². The number of nitrogens with zero attached hydrogens (tertiary/aromatic N) is 1. The molecule has 0 aliphatic carbocycles. The van der Waals surface area contributed by atoms with Crippen molar-refractivity contribution in [2.45, 2.75) is 0 Å². The van der Waals surface area contributed by atoms with E-state index in [0.717, 1.165) is 17.1 Å². The van der Waals surface area contributed by atoms with E-state index in [1.54, 1.807) is 0 Å². The first-order valence-corrected chi connectivity index (χ1v) is 17.8. The quantitative estimate of drug-likeness (QED) is 0.165. The van der Waals surface area contributed by atoms with Crippen molar-refractivity contribution in [2.75, 3.05) is 4.90 Å². The maximum atomic E-state index is 2.41. The normalized spacial score (nSPS) is 11.2. The van der Waals surface area contributed by atoms with Gasteiger partial charge in [0.2, 0.25) is 0 Å². The first kappa shape index (κ1) is 29.9. The number of hydrogen-bond acceptors (Lipinski definition) is 2. The Kier molecular flexibility index (Phi) is 7.77. The molecule has 0 aliphatic heterocycles. The van der Waals surface area contributed by atoms with Gasteiger partial charge in [0.25, 0.3) is 0 Å². The van der Waals surface area contributed by atoms with Gasteiger partial charge in [0, 0.05) is 37.1 Å². The van der Waals surface area contributed by atoms with Crippen molar-refractivity contribution in [3.63, 3.8) is 0 Å². The molecule has 9 aromatic rings. The molecule has 1 heterocycles. The van der Waals surface area contributed by atoms with Gasteiger partial charge in [-0.3, -0.25) is 0 Å². The van der Waals surface area contributed by atoms with Gasteiger partial charge in [0.15, 0.2) is 0 Å². The molecular weight excluding hydrogens is 623 g/mol. The molecule has 9 rings (SSSR count). The van der Waals surface area contributed by atoms with E-state index < -0.39 is 0 Å². The molecule has 0 aliphatic rings. The summed E-state index contributed by atoms with van der Waals surface area (Å²) >= 11 is 1.86. The van der Waals surface area contributed by atoms with Crippen LogP contribution in [0.2, 0.25) is 0 Å². The van der Waals surface area contributed by atoms with Gasteiger partial charge in [-0.05, 0) is 81.4 Å². The highest BCUT2D eigenvalue weighted by Crippen LogP contribution is 2.48. The summed E-state index contributed by atoms with van der Waals surface area (Å²) in [6, 6.07) is 72.3. The zero-order valence-electron chi connectivity index (χ0n) is 27.4. The molecule has 50 heavy (non-hydrogen) atoms. The van der Waals surface area contributed by atoms with E-state index in [1.807, 2.05) is 11.3 Å². The Labute approximate surface area is 297 Å². The summed E-state index contributed by atoms with van der Waals surface area (Å²) in [6.07, 6.45) is 0. The van der Waals surface area contributed by atoms with E-state index in [9.17, 15) is 0 Å². The van der Waals surface area contributed by atoms with E-state index in [1.165, 1.54) is 64.7 Å². The van der Waals surface area contributed by atoms with Crippen LogP contribution in [-0.4, -0.2) is 0 Å². The summed E-state index contributed by atoms with van der Waals surface area (Å²) in [5.74, 6) is 0. The van der Waals surface area contributed by atoms with Crippen molar-refractivity contribution in [1.82, 2.24) is 0 Å². The van der Waals surface area contributed by atoms with E-state index >= 15 is 0 Å². The lowest BCUT2D eigenvalue weighted by atomic mass is 9.87. The van der Waals surface area contributed by atoms with Gasteiger partial charge in [-0.2, -0.15) is 0 Å². The Bertz CT molecular complexity index is 2570. The van der Waals surface area contributed by atoms with Crippen LogP contribution in [0.25, 0.3) is 64.7 Å². The Hall–Kier alpha value is -6.22. The maximum absolute atomic E-state index is 2.41. The van der Waals surface area contributed by atoms with E-state index in [2.05, 4.69) is 205 Å². The van der Waals surface area contributed by atoms with Gasteiger partial charge in [-0.15, -0.1) is 11.3 Å².